The van der Waals surface area contributed by atoms with E-state index in [9.17, 15) is 22.8 Å². The number of anilines is 1. The van der Waals surface area contributed by atoms with Crippen LogP contribution in [0.3, 0.4) is 0 Å². The fourth-order valence-electron chi connectivity index (χ4n) is 4.70. The Balaban J connectivity index is 0.000000195. The number of carbonyl (C=O) groups excluding carboxylic acids is 2. The van der Waals surface area contributed by atoms with Gasteiger partial charge in [0.25, 0.3) is 6.43 Å². The number of nitrogens with zero attached hydrogens (tertiary/aromatic N) is 2. The number of rotatable bonds is 5. The molecule has 1 saturated carbocycles. The van der Waals surface area contributed by atoms with Gasteiger partial charge in [-0.05, 0) is 42.4 Å². The zero-order valence-corrected chi connectivity index (χ0v) is 18.5. The highest BCUT2D eigenvalue weighted by molar-refractivity contribution is 5.78. The van der Waals surface area contributed by atoms with E-state index in [1.165, 1.54) is 25.7 Å². The molecular formula is C23H32F3N3O3. The van der Waals surface area contributed by atoms with Crippen LogP contribution in [0.25, 0.3) is 0 Å². The maximum absolute atomic E-state index is 12.6. The lowest BCUT2D eigenvalue weighted by Crippen LogP contribution is -2.60. The molecule has 2 saturated heterocycles. The first kappa shape index (κ1) is 24.5. The highest BCUT2D eigenvalue weighted by Crippen LogP contribution is 2.45. The largest absolute Gasteiger partial charge is 0.378 e. The van der Waals surface area contributed by atoms with Crippen LogP contribution in [0.5, 0.6) is 0 Å². The summed E-state index contributed by atoms with van der Waals surface area (Å²) in [7, 11) is 0. The molecule has 1 N–H and O–H groups in total. The third kappa shape index (κ3) is 6.68. The van der Waals surface area contributed by atoms with Gasteiger partial charge in [0.2, 0.25) is 12.3 Å². The summed E-state index contributed by atoms with van der Waals surface area (Å²) in [6.07, 6.45) is 3.05. The second-order valence-corrected chi connectivity index (χ2v) is 9.16. The zero-order chi connectivity index (χ0) is 23.1. The summed E-state index contributed by atoms with van der Waals surface area (Å²) >= 11 is 0. The van der Waals surface area contributed by atoms with Crippen molar-refractivity contribution in [2.24, 2.45) is 11.3 Å². The summed E-state index contributed by atoms with van der Waals surface area (Å²) in [6.45, 7) is 8.24. The van der Waals surface area contributed by atoms with Crippen molar-refractivity contribution < 1.29 is 27.5 Å². The SMILES string of the molecule is CC1CCC2(CC1)CN(CC(=O)N1CCOCC1)C2.O=CNc1cc(F)cc(C(F)F)c1. The molecule has 1 spiro atoms. The van der Waals surface area contributed by atoms with E-state index in [1.807, 2.05) is 4.90 Å². The van der Waals surface area contributed by atoms with Gasteiger partial charge in [0.05, 0.1) is 19.8 Å². The maximum atomic E-state index is 12.6. The minimum atomic E-state index is -2.75. The summed E-state index contributed by atoms with van der Waals surface area (Å²) in [6, 6.07) is 2.70. The second-order valence-electron chi connectivity index (χ2n) is 9.16. The van der Waals surface area contributed by atoms with Gasteiger partial charge in [-0.15, -0.1) is 0 Å². The third-order valence-corrected chi connectivity index (χ3v) is 6.57. The molecule has 0 unspecified atom stereocenters. The molecule has 3 fully saturated rings. The molecule has 32 heavy (non-hydrogen) atoms. The highest BCUT2D eigenvalue weighted by atomic mass is 19.3. The van der Waals surface area contributed by atoms with Gasteiger partial charge < -0.3 is 15.0 Å². The molecule has 1 aromatic rings. The van der Waals surface area contributed by atoms with Gasteiger partial charge in [-0.3, -0.25) is 14.5 Å². The van der Waals surface area contributed by atoms with Crippen molar-refractivity contribution in [3.8, 4) is 0 Å². The van der Waals surface area contributed by atoms with Gasteiger partial charge in [-0.2, -0.15) is 0 Å². The van der Waals surface area contributed by atoms with E-state index in [0.29, 0.717) is 37.5 Å². The minimum Gasteiger partial charge on any atom is -0.378 e. The molecule has 6 nitrogen and oxygen atoms in total. The van der Waals surface area contributed by atoms with Crippen molar-refractivity contribution in [2.75, 3.05) is 51.3 Å². The van der Waals surface area contributed by atoms with Crippen LogP contribution in [-0.4, -0.2) is 68.1 Å². The van der Waals surface area contributed by atoms with Crippen LogP contribution in [0.4, 0.5) is 18.9 Å². The van der Waals surface area contributed by atoms with Gasteiger partial charge in [-0.1, -0.05) is 19.8 Å². The molecule has 4 rings (SSSR count). The van der Waals surface area contributed by atoms with Crippen LogP contribution in [0.15, 0.2) is 18.2 Å². The normalized spacial score (nSPS) is 21.0. The molecule has 3 aliphatic rings. The van der Waals surface area contributed by atoms with Crippen LogP contribution in [-0.2, 0) is 14.3 Å². The molecule has 2 aliphatic heterocycles. The predicted octanol–water partition coefficient (Wildman–Crippen LogP) is 3.69. The molecule has 0 atom stereocenters. The monoisotopic (exact) mass is 455 g/mol. The third-order valence-electron chi connectivity index (χ3n) is 6.57. The molecule has 1 aromatic carbocycles. The quantitative estimate of drug-likeness (QED) is 0.688. The van der Waals surface area contributed by atoms with Crippen LogP contribution < -0.4 is 5.32 Å². The average Bonchev–Trinajstić information content (AvgIpc) is 2.75. The van der Waals surface area contributed by atoms with Crippen molar-refractivity contribution >= 4 is 18.0 Å². The number of morpholine rings is 1. The van der Waals surface area contributed by atoms with E-state index >= 15 is 0 Å². The summed E-state index contributed by atoms with van der Waals surface area (Å²) in [5, 5.41) is 2.09. The van der Waals surface area contributed by atoms with Crippen molar-refractivity contribution in [1.29, 1.82) is 0 Å². The van der Waals surface area contributed by atoms with Crippen molar-refractivity contribution in [3.63, 3.8) is 0 Å². The molecule has 2 heterocycles. The summed E-state index contributed by atoms with van der Waals surface area (Å²) < 4.78 is 42.1. The number of ether oxygens (including phenoxy) is 1. The van der Waals surface area contributed by atoms with Crippen molar-refractivity contribution in [3.05, 3.63) is 29.6 Å². The van der Waals surface area contributed by atoms with Gasteiger partial charge in [0.1, 0.15) is 5.82 Å². The smallest absolute Gasteiger partial charge is 0.264 e. The van der Waals surface area contributed by atoms with Crippen LogP contribution in [0.1, 0.15) is 44.6 Å². The van der Waals surface area contributed by atoms with E-state index in [0.717, 1.165) is 50.3 Å². The number of alkyl halides is 2. The van der Waals surface area contributed by atoms with Crippen molar-refractivity contribution in [1.82, 2.24) is 9.80 Å². The first-order valence-electron chi connectivity index (χ1n) is 11.2. The molecule has 9 heteroatoms. The van der Waals surface area contributed by atoms with Gasteiger partial charge in [-0.25, -0.2) is 13.2 Å². The molecule has 0 bridgehead atoms. The summed E-state index contributed by atoms with van der Waals surface area (Å²) in [4.78, 5) is 26.4. The fourth-order valence-corrected chi connectivity index (χ4v) is 4.70. The maximum Gasteiger partial charge on any atom is 0.264 e. The number of hydrogen-bond donors (Lipinski definition) is 1. The Morgan fingerprint density at radius 2 is 1.88 bits per heavy atom. The van der Waals surface area contributed by atoms with Gasteiger partial charge in [0, 0.05) is 37.4 Å². The van der Waals surface area contributed by atoms with Crippen LogP contribution >= 0.6 is 0 Å². The highest BCUT2D eigenvalue weighted by Gasteiger charge is 2.44. The molecule has 2 amide bonds. The number of benzene rings is 1. The van der Waals surface area contributed by atoms with E-state index in [2.05, 4.69) is 17.1 Å². The Bertz CT molecular complexity index is 771. The number of hydrogen-bond acceptors (Lipinski definition) is 4. The average molecular weight is 456 g/mol. The second kappa shape index (κ2) is 11.1. The zero-order valence-electron chi connectivity index (χ0n) is 18.5. The predicted molar refractivity (Wildman–Crippen MR) is 115 cm³/mol. The first-order valence-corrected chi connectivity index (χ1v) is 11.2. The minimum absolute atomic E-state index is 0.0188. The lowest BCUT2D eigenvalue weighted by molar-refractivity contribution is -0.141. The lowest BCUT2D eigenvalue weighted by atomic mass is 9.66. The van der Waals surface area contributed by atoms with Gasteiger partial charge >= 0.3 is 0 Å². The topological polar surface area (TPSA) is 61.9 Å². The van der Waals surface area contributed by atoms with Crippen LogP contribution in [0, 0.1) is 17.2 Å². The Kier molecular flexibility index (Phi) is 8.53. The van der Waals surface area contributed by atoms with E-state index in [1.54, 1.807) is 0 Å². The Hall–Kier alpha value is -2.13. The Morgan fingerprint density at radius 3 is 2.47 bits per heavy atom. The van der Waals surface area contributed by atoms with Crippen LogP contribution in [0.2, 0.25) is 0 Å². The number of halogens is 3. The van der Waals surface area contributed by atoms with E-state index in [-0.39, 0.29) is 5.69 Å². The fraction of sp³-hybridized carbons (Fsp3) is 0.652. The number of likely N-dealkylation sites (tertiary alicyclic amines) is 1. The lowest BCUT2D eigenvalue weighted by Gasteiger charge is -2.53. The Labute approximate surface area is 187 Å². The standard InChI is InChI=1S/C15H26N2O2.C8H6F3NO/c1-13-2-4-15(5-3-13)11-16(12-15)10-14(18)17-6-8-19-9-7-17;9-6-1-5(8(10)11)2-7(3-6)12-4-13/h13H,2-12H2,1H3;1-4,8H,(H,12,13). The van der Waals surface area contributed by atoms with E-state index < -0.39 is 17.8 Å². The molecular weight excluding hydrogens is 423 g/mol. The number of carbonyl (C=O) groups is 2. The summed E-state index contributed by atoms with van der Waals surface area (Å²) in [5.74, 6) is 0.402. The van der Waals surface area contributed by atoms with E-state index in [4.69, 9.17) is 4.74 Å². The number of nitrogens with one attached hydrogen (secondary N) is 1. The van der Waals surface area contributed by atoms with Gasteiger partial charge in [0.15, 0.2) is 0 Å². The first-order chi connectivity index (χ1) is 15.3. The molecule has 1 aliphatic carbocycles. The number of amides is 2. The summed E-state index contributed by atoms with van der Waals surface area (Å²) in [5.41, 5.74) is 0.132. The Morgan fingerprint density at radius 1 is 1.22 bits per heavy atom. The molecule has 0 aromatic heterocycles. The van der Waals surface area contributed by atoms with Crippen molar-refractivity contribution in [2.45, 2.75) is 39.0 Å². The molecule has 0 radical (unpaired) electrons. The molecule has 178 valence electrons.